The van der Waals surface area contributed by atoms with Crippen LogP contribution in [0.4, 0.5) is 13.2 Å². The third-order valence-corrected chi connectivity index (χ3v) is 3.76. The van der Waals surface area contributed by atoms with E-state index in [2.05, 4.69) is 12.2 Å². The zero-order valence-corrected chi connectivity index (χ0v) is 11.4. The first-order valence-corrected chi connectivity index (χ1v) is 6.92. The summed E-state index contributed by atoms with van der Waals surface area (Å²) in [5.74, 6) is 1.25. The third-order valence-electron chi connectivity index (χ3n) is 2.44. The Morgan fingerprint density at radius 1 is 1.33 bits per heavy atom. The zero-order valence-electron chi connectivity index (χ0n) is 10.6. The average molecular weight is 277 g/mol. The molecule has 1 atom stereocenters. The molecular formula is C13H18F3NS. The second-order valence-electron chi connectivity index (χ2n) is 4.25. The SMILES string of the molecule is CCNCC(C)CSc1cccc(C(F)(F)F)c1. The molecule has 1 aromatic carbocycles. The molecule has 0 saturated heterocycles. The summed E-state index contributed by atoms with van der Waals surface area (Å²) in [7, 11) is 0. The van der Waals surface area contributed by atoms with Gasteiger partial charge in [0.05, 0.1) is 5.56 Å². The van der Waals surface area contributed by atoms with Crippen LogP contribution in [-0.4, -0.2) is 18.8 Å². The fourth-order valence-corrected chi connectivity index (χ4v) is 2.43. The Hall–Kier alpha value is -0.680. The number of thioether (sulfide) groups is 1. The van der Waals surface area contributed by atoms with Gasteiger partial charge in [0.25, 0.3) is 0 Å². The van der Waals surface area contributed by atoms with E-state index >= 15 is 0 Å². The minimum atomic E-state index is -4.26. The van der Waals surface area contributed by atoms with Gasteiger partial charge in [-0.25, -0.2) is 0 Å². The largest absolute Gasteiger partial charge is 0.416 e. The second kappa shape index (κ2) is 7.04. The van der Waals surface area contributed by atoms with Crippen molar-refractivity contribution in [2.24, 2.45) is 5.92 Å². The molecule has 0 aliphatic heterocycles. The fourth-order valence-electron chi connectivity index (χ4n) is 1.45. The van der Waals surface area contributed by atoms with Crippen molar-refractivity contribution in [3.05, 3.63) is 29.8 Å². The lowest BCUT2D eigenvalue weighted by molar-refractivity contribution is -0.137. The molecule has 102 valence electrons. The van der Waals surface area contributed by atoms with Crippen LogP contribution >= 0.6 is 11.8 Å². The van der Waals surface area contributed by atoms with E-state index < -0.39 is 11.7 Å². The van der Waals surface area contributed by atoms with E-state index in [0.717, 1.165) is 24.9 Å². The summed E-state index contributed by atoms with van der Waals surface area (Å²) in [5, 5.41) is 3.23. The van der Waals surface area contributed by atoms with Gasteiger partial charge in [-0.3, -0.25) is 0 Å². The van der Waals surface area contributed by atoms with E-state index in [0.29, 0.717) is 10.8 Å². The summed E-state index contributed by atoms with van der Waals surface area (Å²) in [5.41, 5.74) is -0.577. The molecule has 1 nitrogen and oxygen atoms in total. The lowest BCUT2D eigenvalue weighted by Crippen LogP contribution is -2.21. The monoisotopic (exact) mass is 277 g/mol. The van der Waals surface area contributed by atoms with Gasteiger partial charge < -0.3 is 5.32 Å². The first-order valence-electron chi connectivity index (χ1n) is 5.94. The van der Waals surface area contributed by atoms with Gasteiger partial charge in [0.2, 0.25) is 0 Å². The molecule has 0 saturated carbocycles. The van der Waals surface area contributed by atoms with Crippen LogP contribution < -0.4 is 5.32 Å². The Labute approximate surface area is 110 Å². The van der Waals surface area contributed by atoms with Crippen LogP contribution in [0.2, 0.25) is 0 Å². The van der Waals surface area contributed by atoms with Crippen molar-refractivity contribution in [2.45, 2.75) is 24.9 Å². The summed E-state index contributed by atoms with van der Waals surface area (Å²) in [4.78, 5) is 0.674. The Morgan fingerprint density at radius 3 is 2.67 bits per heavy atom. The number of rotatable bonds is 6. The summed E-state index contributed by atoms with van der Waals surface area (Å²) >= 11 is 1.47. The molecular weight excluding hydrogens is 259 g/mol. The van der Waals surface area contributed by atoms with Crippen molar-refractivity contribution < 1.29 is 13.2 Å². The molecule has 0 aliphatic rings. The number of hydrogen-bond donors (Lipinski definition) is 1. The molecule has 0 bridgehead atoms. The lowest BCUT2D eigenvalue weighted by atomic mass is 10.2. The summed E-state index contributed by atoms with van der Waals surface area (Å²) in [6.45, 7) is 5.93. The van der Waals surface area contributed by atoms with Crippen molar-refractivity contribution in [3.63, 3.8) is 0 Å². The molecule has 0 aliphatic carbocycles. The Bertz CT molecular complexity index is 365. The van der Waals surface area contributed by atoms with E-state index in [1.54, 1.807) is 6.07 Å². The highest BCUT2D eigenvalue weighted by Gasteiger charge is 2.30. The molecule has 0 aromatic heterocycles. The van der Waals surface area contributed by atoms with Crippen LogP contribution in [0.3, 0.4) is 0 Å². The van der Waals surface area contributed by atoms with Crippen LogP contribution in [0, 0.1) is 5.92 Å². The number of alkyl halides is 3. The molecule has 1 N–H and O–H groups in total. The highest BCUT2D eigenvalue weighted by molar-refractivity contribution is 7.99. The van der Waals surface area contributed by atoms with Crippen LogP contribution in [0.15, 0.2) is 29.2 Å². The first kappa shape index (κ1) is 15.4. The van der Waals surface area contributed by atoms with E-state index in [1.165, 1.54) is 23.9 Å². The Morgan fingerprint density at radius 2 is 2.06 bits per heavy atom. The molecule has 0 spiro atoms. The first-order chi connectivity index (χ1) is 8.43. The molecule has 0 heterocycles. The van der Waals surface area contributed by atoms with Gasteiger partial charge in [0.1, 0.15) is 0 Å². The normalized spacial score (nSPS) is 13.6. The van der Waals surface area contributed by atoms with Crippen molar-refractivity contribution in [1.29, 1.82) is 0 Å². The Kier molecular flexibility index (Phi) is 6.02. The maximum Gasteiger partial charge on any atom is 0.416 e. The highest BCUT2D eigenvalue weighted by Crippen LogP contribution is 2.32. The topological polar surface area (TPSA) is 12.0 Å². The van der Waals surface area contributed by atoms with Crippen LogP contribution in [0.1, 0.15) is 19.4 Å². The third kappa shape index (κ3) is 5.31. The van der Waals surface area contributed by atoms with Gasteiger partial charge in [-0.1, -0.05) is 19.9 Å². The predicted molar refractivity (Wildman–Crippen MR) is 69.9 cm³/mol. The number of nitrogens with one attached hydrogen (secondary N) is 1. The average Bonchev–Trinajstić information content (AvgIpc) is 2.33. The maximum absolute atomic E-state index is 12.5. The van der Waals surface area contributed by atoms with Gasteiger partial charge in [-0.05, 0) is 37.2 Å². The molecule has 18 heavy (non-hydrogen) atoms. The molecule has 0 radical (unpaired) electrons. The summed E-state index contributed by atoms with van der Waals surface area (Å²) < 4.78 is 37.5. The molecule has 0 fully saturated rings. The van der Waals surface area contributed by atoms with E-state index in [-0.39, 0.29) is 0 Å². The smallest absolute Gasteiger partial charge is 0.317 e. The van der Waals surface area contributed by atoms with Crippen LogP contribution in [0.25, 0.3) is 0 Å². The number of halogens is 3. The Balaban J connectivity index is 2.52. The van der Waals surface area contributed by atoms with E-state index in [1.807, 2.05) is 6.92 Å². The van der Waals surface area contributed by atoms with Crippen LogP contribution in [-0.2, 0) is 6.18 Å². The predicted octanol–water partition coefficient (Wildman–Crippen LogP) is 4.04. The summed E-state index contributed by atoms with van der Waals surface area (Å²) in [6, 6.07) is 5.50. The summed E-state index contributed by atoms with van der Waals surface area (Å²) in [6.07, 6.45) is -4.26. The number of hydrogen-bond acceptors (Lipinski definition) is 2. The maximum atomic E-state index is 12.5. The van der Waals surface area contributed by atoms with Crippen molar-refractivity contribution >= 4 is 11.8 Å². The van der Waals surface area contributed by atoms with Gasteiger partial charge in [-0.2, -0.15) is 13.2 Å². The highest BCUT2D eigenvalue weighted by atomic mass is 32.2. The molecule has 1 unspecified atom stereocenters. The van der Waals surface area contributed by atoms with Crippen molar-refractivity contribution in [3.8, 4) is 0 Å². The number of benzene rings is 1. The minimum Gasteiger partial charge on any atom is -0.317 e. The van der Waals surface area contributed by atoms with Crippen molar-refractivity contribution in [2.75, 3.05) is 18.8 Å². The second-order valence-corrected chi connectivity index (χ2v) is 5.34. The minimum absolute atomic E-state index is 0.435. The van der Waals surface area contributed by atoms with E-state index in [9.17, 15) is 13.2 Å². The standard InChI is InChI=1S/C13H18F3NS/c1-3-17-8-10(2)9-18-12-6-4-5-11(7-12)13(14,15)16/h4-7,10,17H,3,8-9H2,1-2H3. The molecule has 0 amide bonds. The molecule has 1 aromatic rings. The van der Waals surface area contributed by atoms with Crippen LogP contribution in [0.5, 0.6) is 0 Å². The van der Waals surface area contributed by atoms with Crippen molar-refractivity contribution in [1.82, 2.24) is 5.32 Å². The van der Waals surface area contributed by atoms with Gasteiger partial charge in [0, 0.05) is 10.6 Å². The fraction of sp³-hybridized carbons (Fsp3) is 0.538. The van der Waals surface area contributed by atoms with Gasteiger partial charge >= 0.3 is 6.18 Å². The van der Waals surface area contributed by atoms with E-state index in [4.69, 9.17) is 0 Å². The van der Waals surface area contributed by atoms with Gasteiger partial charge in [-0.15, -0.1) is 11.8 Å². The molecule has 5 heteroatoms. The van der Waals surface area contributed by atoms with Gasteiger partial charge in [0.15, 0.2) is 0 Å². The quantitative estimate of drug-likeness (QED) is 0.787. The lowest BCUT2D eigenvalue weighted by Gasteiger charge is -2.12. The molecule has 1 rings (SSSR count). The zero-order chi connectivity index (χ0) is 13.6.